The summed E-state index contributed by atoms with van der Waals surface area (Å²) in [4.78, 5) is 1.52. The topological polar surface area (TPSA) is 30.7 Å². The van der Waals surface area contributed by atoms with E-state index in [1.54, 1.807) is 11.8 Å². The van der Waals surface area contributed by atoms with Gasteiger partial charge in [0.1, 0.15) is 0 Å². The second-order valence-corrected chi connectivity index (χ2v) is 10.4. The van der Waals surface area contributed by atoms with Gasteiger partial charge in [-0.15, -0.1) is 21.5 Å². The normalized spacial score (nSPS) is 16.6. The Morgan fingerprint density at radius 1 is 1.25 bits per heavy atom. The average Bonchev–Trinajstić information content (AvgIpc) is 3.24. The first-order valence-electron chi connectivity index (χ1n) is 9.56. The molecule has 28 heavy (non-hydrogen) atoms. The van der Waals surface area contributed by atoms with Crippen LogP contribution in [0, 0.1) is 5.92 Å². The fourth-order valence-electron chi connectivity index (χ4n) is 3.70. The van der Waals surface area contributed by atoms with Gasteiger partial charge in [0.05, 0.1) is 0 Å². The number of thiophene rings is 1. The summed E-state index contributed by atoms with van der Waals surface area (Å²) in [7, 11) is 0. The maximum Gasteiger partial charge on any atom is 0.192 e. The molecule has 0 bridgehead atoms. The van der Waals surface area contributed by atoms with Gasteiger partial charge in [-0.25, -0.2) is 0 Å². The molecule has 4 rings (SSSR count). The van der Waals surface area contributed by atoms with Gasteiger partial charge in [0.25, 0.3) is 0 Å². The molecule has 0 saturated heterocycles. The van der Waals surface area contributed by atoms with Crippen molar-refractivity contribution in [3.05, 3.63) is 49.6 Å². The van der Waals surface area contributed by atoms with Gasteiger partial charge in [0.15, 0.2) is 11.0 Å². The van der Waals surface area contributed by atoms with E-state index in [1.165, 1.54) is 28.8 Å². The number of thioether (sulfide) groups is 1. The van der Waals surface area contributed by atoms with Gasteiger partial charge in [-0.2, -0.15) is 0 Å². The van der Waals surface area contributed by atoms with Crippen molar-refractivity contribution < 1.29 is 0 Å². The minimum atomic E-state index is 0.271. The highest BCUT2D eigenvalue weighted by Crippen LogP contribution is 2.40. The van der Waals surface area contributed by atoms with Crippen LogP contribution in [0.4, 0.5) is 0 Å². The molecule has 3 aromatic rings. The van der Waals surface area contributed by atoms with E-state index in [-0.39, 0.29) is 6.04 Å². The molecule has 0 radical (unpaired) electrons. The maximum atomic E-state index is 6.34. The van der Waals surface area contributed by atoms with E-state index in [9.17, 15) is 0 Å². The van der Waals surface area contributed by atoms with Crippen LogP contribution in [-0.4, -0.2) is 14.8 Å². The van der Waals surface area contributed by atoms with Crippen LogP contribution in [0.3, 0.4) is 0 Å². The Labute approximate surface area is 184 Å². The quantitative estimate of drug-likeness (QED) is 0.380. The Bertz CT molecular complexity index is 973. The van der Waals surface area contributed by atoms with Crippen LogP contribution in [0.15, 0.2) is 28.7 Å². The van der Waals surface area contributed by atoms with Crippen molar-refractivity contribution in [3.63, 3.8) is 0 Å². The van der Waals surface area contributed by atoms with Gasteiger partial charge in [0, 0.05) is 37.7 Å². The van der Waals surface area contributed by atoms with Gasteiger partial charge in [-0.1, -0.05) is 48.0 Å². The summed E-state index contributed by atoms with van der Waals surface area (Å²) < 4.78 is 2.25. The lowest BCUT2D eigenvalue weighted by atomic mass is 9.88. The first kappa shape index (κ1) is 20.3. The van der Waals surface area contributed by atoms with Crippen molar-refractivity contribution in [2.75, 3.05) is 0 Å². The predicted molar refractivity (Wildman–Crippen MR) is 121 cm³/mol. The lowest BCUT2D eigenvalue weighted by molar-refractivity contribution is 0.507. The standard InChI is InChI=1S/C21H23Cl2N3S2/c1-12(2)26-20(15-10-27-19-9-13(3)7-8-14(15)19)24-25-21(26)28-11-16-17(22)5-4-6-18(16)23/h4-6,10,12-13H,7-9,11H2,1-3H3. The monoisotopic (exact) mass is 451 g/mol. The molecule has 148 valence electrons. The minimum absolute atomic E-state index is 0.271. The fourth-order valence-corrected chi connectivity index (χ4v) is 6.75. The molecule has 0 amide bonds. The smallest absolute Gasteiger partial charge is 0.192 e. The third kappa shape index (κ3) is 3.87. The van der Waals surface area contributed by atoms with Gasteiger partial charge >= 0.3 is 0 Å². The maximum absolute atomic E-state index is 6.34. The molecule has 0 N–H and O–H groups in total. The zero-order chi connectivity index (χ0) is 19.8. The molecular formula is C21H23Cl2N3S2. The van der Waals surface area contributed by atoms with Gasteiger partial charge in [-0.05, 0) is 62.3 Å². The Hall–Kier alpha value is -1.01. The highest BCUT2D eigenvalue weighted by atomic mass is 35.5. The van der Waals surface area contributed by atoms with Crippen LogP contribution in [0.2, 0.25) is 10.0 Å². The molecule has 1 aliphatic carbocycles. The van der Waals surface area contributed by atoms with Crippen LogP contribution in [0.1, 0.15) is 49.2 Å². The summed E-state index contributed by atoms with van der Waals surface area (Å²) in [5.41, 5.74) is 3.68. The summed E-state index contributed by atoms with van der Waals surface area (Å²) in [6, 6.07) is 5.89. The van der Waals surface area contributed by atoms with Gasteiger partial charge in [-0.3, -0.25) is 4.57 Å². The van der Waals surface area contributed by atoms with E-state index >= 15 is 0 Å². The lowest BCUT2D eigenvalue weighted by Gasteiger charge is -2.20. The predicted octanol–water partition coefficient (Wildman–Crippen LogP) is 7.31. The molecule has 0 aliphatic heterocycles. The molecule has 1 atom stereocenters. The Kier molecular flexibility index (Phi) is 6.07. The van der Waals surface area contributed by atoms with E-state index < -0.39 is 0 Å². The third-order valence-corrected chi connectivity index (χ3v) is 7.96. The molecule has 0 fully saturated rings. The van der Waals surface area contributed by atoms with Crippen molar-refractivity contribution in [1.29, 1.82) is 0 Å². The first-order chi connectivity index (χ1) is 13.5. The molecular weight excluding hydrogens is 429 g/mol. The summed E-state index contributed by atoms with van der Waals surface area (Å²) in [5.74, 6) is 2.42. The second-order valence-electron chi connectivity index (χ2n) is 7.66. The third-order valence-electron chi connectivity index (χ3n) is 5.23. The molecule has 0 spiro atoms. The van der Waals surface area contributed by atoms with Gasteiger partial charge in [0.2, 0.25) is 0 Å². The molecule has 1 aromatic carbocycles. The number of fused-ring (bicyclic) bond motifs is 1. The van der Waals surface area contributed by atoms with Crippen molar-refractivity contribution in [2.24, 2.45) is 5.92 Å². The highest BCUT2D eigenvalue weighted by molar-refractivity contribution is 7.98. The number of rotatable bonds is 5. The van der Waals surface area contributed by atoms with Crippen LogP contribution >= 0.6 is 46.3 Å². The van der Waals surface area contributed by atoms with Crippen molar-refractivity contribution in [2.45, 2.75) is 57.0 Å². The van der Waals surface area contributed by atoms with E-state index in [2.05, 4.69) is 40.9 Å². The van der Waals surface area contributed by atoms with Crippen LogP contribution in [0.25, 0.3) is 11.4 Å². The Morgan fingerprint density at radius 2 is 2.00 bits per heavy atom. The number of nitrogens with zero attached hydrogens (tertiary/aromatic N) is 3. The van der Waals surface area contributed by atoms with Crippen molar-refractivity contribution >= 4 is 46.3 Å². The number of hydrogen-bond donors (Lipinski definition) is 0. The SMILES string of the molecule is CC1CCc2c(-c3nnc(SCc4c(Cl)cccc4Cl)n3C(C)C)csc2C1. The fraction of sp³-hybridized carbons (Fsp3) is 0.429. The molecule has 2 aromatic heterocycles. The summed E-state index contributed by atoms with van der Waals surface area (Å²) in [6.07, 6.45) is 3.57. The number of halogens is 2. The molecule has 2 heterocycles. The van der Waals surface area contributed by atoms with E-state index in [0.29, 0.717) is 15.8 Å². The van der Waals surface area contributed by atoms with E-state index in [4.69, 9.17) is 23.2 Å². The molecule has 1 unspecified atom stereocenters. The highest BCUT2D eigenvalue weighted by Gasteiger charge is 2.25. The summed E-state index contributed by atoms with van der Waals surface area (Å²) in [6.45, 7) is 6.70. The van der Waals surface area contributed by atoms with Crippen LogP contribution in [-0.2, 0) is 18.6 Å². The largest absolute Gasteiger partial charge is 0.299 e. The Balaban J connectivity index is 1.66. The zero-order valence-corrected chi connectivity index (χ0v) is 19.4. The van der Waals surface area contributed by atoms with Gasteiger partial charge < -0.3 is 0 Å². The first-order valence-corrected chi connectivity index (χ1v) is 12.2. The summed E-state index contributed by atoms with van der Waals surface area (Å²) >= 11 is 16.2. The van der Waals surface area contributed by atoms with Crippen molar-refractivity contribution in [1.82, 2.24) is 14.8 Å². The average molecular weight is 452 g/mol. The number of aromatic nitrogens is 3. The number of benzene rings is 1. The molecule has 1 aliphatic rings. The molecule has 0 saturated carbocycles. The zero-order valence-electron chi connectivity index (χ0n) is 16.2. The van der Waals surface area contributed by atoms with Crippen LogP contribution in [0.5, 0.6) is 0 Å². The summed E-state index contributed by atoms with van der Waals surface area (Å²) in [5, 5.41) is 13.7. The Morgan fingerprint density at radius 3 is 2.71 bits per heavy atom. The second kappa shape index (κ2) is 8.39. The number of hydrogen-bond acceptors (Lipinski definition) is 4. The van der Waals surface area contributed by atoms with Crippen molar-refractivity contribution in [3.8, 4) is 11.4 Å². The van der Waals surface area contributed by atoms with E-state index in [1.807, 2.05) is 29.5 Å². The molecule has 3 nitrogen and oxygen atoms in total. The van der Waals surface area contributed by atoms with E-state index in [0.717, 1.165) is 28.9 Å². The van der Waals surface area contributed by atoms with Crippen LogP contribution < -0.4 is 0 Å². The minimum Gasteiger partial charge on any atom is -0.299 e. The molecule has 7 heteroatoms. The lowest BCUT2D eigenvalue weighted by Crippen LogP contribution is -2.10.